The third kappa shape index (κ3) is 7.36. The Morgan fingerprint density at radius 2 is 1.87 bits per heavy atom. The first kappa shape index (κ1) is 14.4. The smallest absolute Gasteiger partial charge is 0.311 e. The fraction of sp³-hybridized carbons (Fsp3) is 0.800. The molecule has 0 heterocycles. The van der Waals surface area contributed by atoms with E-state index >= 15 is 0 Å². The zero-order chi connectivity index (χ0) is 11.7. The van der Waals surface area contributed by atoms with E-state index < -0.39 is 18.9 Å². The van der Waals surface area contributed by atoms with Gasteiger partial charge in [-0.1, -0.05) is 12.5 Å². The molecule has 0 atom stereocenters. The highest BCUT2D eigenvalue weighted by Crippen LogP contribution is 2.21. The van der Waals surface area contributed by atoms with Crippen molar-refractivity contribution in [3.05, 3.63) is 12.7 Å². The molecule has 0 rings (SSSR count). The van der Waals surface area contributed by atoms with E-state index in [0.717, 1.165) is 19.3 Å². The summed E-state index contributed by atoms with van der Waals surface area (Å²) in [5.41, 5.74) is 0. The number of allylic oxidation sites excluding steroid dienone is 1. The summed E-state index contributed by atoms with van der Waals surface area (Å²) in [6.07, 6.45) is 1.65. The maximum atomic E-state index is 12.4. The van der Waals surface area contributed by atoms with Gasteiger partial charge in [0.05, 0.1) is 6.54 Å². The Labute approximate surface area is 87.5 Å². The standard InChI is InChI=1S/C10H17F4N/c1-2-3-4-5-6-7-15-8-10(13,14)9(11)12/h2,9,15H,1,3-8H2. The minimum Gasteiger partial charge on any atom is -0.311 e. The van der Waals surface area contributed by atoms with E-state index in [0.29, 0.717) is 13.0 Å². The van der Waals surface area contributed by atoms with E-state index in [1.807, 2.05) is 0 Å². The van der Waals surface area contributed by atoms with Gasteiger partial charge in [-0.15, -0.1) is 6.58 Å². The van der Waals surface area contributed by atoms with Crippen molar-refractivity contribution in [3.63, 3.8) is 0 Å². The molecular weight excluding hydrogens is 210 g/mol. The molecule has 0 amide bonds. The lowest BCUT2D eigenvalue weighted by molar-refractivity contribution is -0.125. The SMILES string of the molecule is C=CCCCCCNCC(F)(F)C(F)F. The van der Waals surface area contributed by atoms with Gasteiger partial charge < -0.3 is 5.32 Å². The zero-order valence-electron chi connectivity index (χ0n) is 8.62. The highest BCUT2D eigenvalue weighted by atomic mass is 19.3. The Kier molecular flexibility index (Phi) is 7.38. The molecule has 0 bridgehead atoms. The molecule has 15 heavy (non-hydrogen) atoms. The lowest BCUT2D eigenvalue weighted by Crippen LogP contribution is -2.39. The predicted octanol–water partition coefficient (Wildman–Crippen LogP) is 3.22. The first-order valence-corrected chi connectivity index (χ1v) is 4.98. The average molecular weight is 227 g/mol. The average Bonchev–Trinajstić information content (AvgIpc) is 2.16. The molecule has 90 valence electrons. The monoisotopic (exact) mass is 227 g/mol. The summed E-state index contributed by atoms with van der Waals surface area (Å²) in [5, 5.41) is 2.33. The zero-order valence-corrected chi connectivity index (χ0v) is 8.62. The third-order valence-electron chi connectivity index (χ3n) is 1.94. The number of nitrogens with one attached hydrogen (secondary N) is 1. The number of hydrogen-bond donors (Lipinski definition) is 1. The molecular formula is C10H17F4N. The van der Waals surface area contributed by atoms with Gasteiger partial charge in [-0.25, -0.2) is 8.78 Å². The molecule has 5 heteroatoms. The van der Waals surface area contributed by atoms with E-state index in [1.54, 1.807) is 6.08 Å². The summed E-state index contributed by atoms with van der Waals surface area (Å²) < 4.78 is 48.1. The fourth-order valence-electron chi connectivity index (χ4n) is 1.05. The van der Waals surface area contributed by atoms with Crippen molar-refractivity contribution in [3.8, 4) is 0 Å². The largest absolute Gasteiger partial charge is 0.319 e. The van der Waals surface area contributed by atoms with Crippen LogP contribution in [0.15, 0.2) is 12.7 Å². The van der Waals surface area contributed by atoms with Crippen molar-refractivity contribution >= 4 is 0 Å². The molecule has 0 saturated carbocycles. The van der Waals surface area contributed by atoms with E-state index in [-0.39, 0.29) is 0 Å². The fourth-order valence-corrected chi connectivity index (χ4v) is 1.05. The van der Waals surface area contributed by atoms with Crippen molar-refractivity contribution < 1.29 is 17.6 Å². The Morgan fingerprint density at radius 3 is 2.40 bits per heavy atom. The second-order valence-electron chi connectivity index (χ2n) is 3.38. The first-order valence-electron chi connectivity index (χ1n) is 4.98. The summed E-state index contributed by atoms with van der Waals surface area (Å²) in [6, 6.07) is 0. The molecule has 0 aromatic heterocycles. The summed E-state index contributed by atoms with van der Waals surface area (Å²) in [5.74, 6) is -3.92. The predicted molar refractivity (Wildman–Crippen MR) is 52.5 cm³/mol. The topological polar surface area (TPSA) is 12.0 Å². The maximum Gasteiger partial charge on any atom is 0.319 e. The lowest BCUT2D eigenvalue weighted by Gasteiger charge is -2.15. The molecule has 0 radical (unpaired) electrons. The van der Waals surface area contributed by atoms with Crippen molar-refractivity contribution in [1.29, 1.82) is 0 Å². The summed E-state index contributed by atoms with van der Waals surface area (Å²) in [6.45, 7) is 2.94. The lowest BCUT2D eigenvalue weighted by atomic mass is 10.2. The molecule has 1 nitrogen and oxygen atoms in total. The molecule has 0 fully saturated rings. The van der Waals surface area contributed by atoms with Gasteiger partial charge in [-0.05, 0) is 25.8 Å². The normalized spacial score (nSPS) is 12.1. The second kappa shape index (κ2) is 7.68. The van der Waals surface area contributed by atoms with Gasteiger partial charge in [0.1, 0.15) is 0 Å². The van der Waals surface area contributed by atoms with Gasteiger partial charge in [-0.2, -0.15) is 8.78 Å². The van der Waals surface area contributed by atoms with Gasteiger partial charge >= 0.3 is 12.3 Å². The molecule has 1 N–H and O–H groups in total. The van der Waals surface area contributed by atoms with E-state index in [4.69, 9.17) is 0 Å². The Morgan fingerprint density at radius 1 is 1.20 bits per heavy atom. The minimum absolute atomic E-state index is 0.347. The van der Waals surface area contributed by atoms with Crippen LogP contribution in [0.5, 0.6) is 0 Å². The second-order valence-corrected chi connectivity index (χ2v) is 3.38. The van der Waals surface area contributed by atoms with Crippen LogP contribution in [0, 0.1) is 0 Å². The number of hydrogen-bond acceptors (Lipinski definition) is 1. The van der Waals surface area contributed by atoms with Crippen LogP contribution in [0.2, 0.25) is 0 Å². The quantitative estimate of drug-likeness (QED) is 0.362. The van der Waals surface area contributed by atoms with Gasteiger partial charge in [0, 0.05) is 0 Å². The van der Waals surface area contributed by atoms with Crippen LogP contribution in [-0.4, -0.2) is 25.4 Å². The molecule has 0 aliphatic heterocycles. The Bertz CT molecular complexity index is 171. The molecule has 0 aliphatic carbocycles. The molecule has 0 spiro atoms. The third-order valence-corrected chi connectivity index (χ3v) is 1.94. The highest BCUT2D eigenvalue weighted by molar-refractivity contribution is 4.72. The summed E-state index contributed by atoms with van der Waals surface area (Å²) in [4.78, 5) is 0. The maximum absolute atomic E-state index is 12.4. The Balaban J connectivity index is 3.34. The van der Waals surface area contributed by atoms with Crippen LogP contribution < -0.4 is 5.32 Å². The van der Waals surface area contributed by atoms with Crippen LogP contribution in [-0.2, 0) is 0 Å². The van der Waals surface area contributed by atoms with Crippen molar-refractivity contribution in [2.75, 3.05) is 13.1 Å². The first-order chi connectivity index (χ1) is 7.00. The number of alkyl halides is 4. The van der Waals surface area contributed by atoms with E-state index in [9.17, 15) is 17.6 Å². The Hall–Kier alpha value is -0.580. The van der Waals surface area contributed by atoms with E-state index in [1.165, 1.54) is 0 Å². The van der Waals surface area contributed by atoms with Crippen molar-refractivity contribution in [2.45, 2.75) is 38.0 Å². The molecule has 0 aromatic rings. The van der Waals surface area contributed by atoms with Gasteiger partial charge in [0.2, 0.25) is 0 Å². The van der Waals surface area contributed by atoms with Crippen LogP contribution >= 0.6 is 0 Å². The molecule has 0 aliphatic rings. The summed E-state index contributed by atoms with van der Waals surface area (Å²) in [7, 11) is 0. The molecule has 0 saturated heterocycles. The van der Waals surface area contributed by atoms with Crippen LogP contribution in [0.3, 0.4) is 0 Å². The minimum atomic E-state index is -3.92. The van der Waals surface area contributed by atoms with Crippen LogP contribution in [0.4, 0.5) is 17.6 Å². The van der Waals surface area contributed by atoms with Crippen LogP contribution in [0.25, 0.3) is 0 Å². The van der Waals surface area contributed by atoms with E-state index in [2.05, 4.69) is 11.9 Å². The van der Waals surface area contributed by atoms with Gasteiger partial charge in [-0.3, -0.25) is 0 Å². The van der Waals surface area contributed by atoms with Gasteiger partial charge in [0.25, 0.3) is 0 Å². The molecule has 0 unspecified atom stereocenters. The number of rotatable bonds is 9. The summed E-state index contributed by atoms with van der Waals surface area (Å²) >= 11 is 0. The van der Waals surface area contributed by atoms with Crippen LogP contribution in [0.1, 0.15) is 25.7 Å². The van der Waals surface area contributed by atoms with Gasteiger partial charge in [0.15, 0.2) is 0 Å². The van der Waals surface area contributed by atoms with Crippen molar-refractivity contribution in [1.82, 2.24) is 5.32 Å². The number of halogens is 4. The highest BCUT2D eigenvalue weighted by Gasteiger charge is 2.39. The molecule has 0 aromatic carbocycles. The van der Waals surface area contributed by atoms with Crippen molar-refractivity contribution in [2.24, 2.45) is 0 Å². The number of unbranched alkanes of at least 4 members (excludes halogenated alkanes) is 3.